The molecule has 1 fully saturated rings. The maximum atomic E-state index is 6.00. The van der Waals surface area contributed by atoms with Crippen molar-refractivity contribution in [2.24, 2.45) is 5.92 Å². The summed E-state index contributed by atoms with van der Waals surface area (Å²) < 4.78 is 11.5. The molecule has 0 aromatic heterocycles. The van der Waals surface area contributed by atoms with Crippen LogP contribution in [0, 0.1) is 5.92 Å². The second kappa shape index (κ2) is 8.28. The number of hydrogen-bond donors (Lipinski definition) is 1. The third kappa shape index (κ3) is 4.50. The Bertz CT molecular complexity index is 388. The van der Waals surface area contributed by atoms with Crippen LogP contribution in [-0.4, -0.2) is 32.4 Å². The summed E-state index contributed by atoms with van der Waals surface area (Å²) in [6.45, 7) is 7.88. The Labute approximate surface area is 122 Å². The Morgan fingerprint density at radius 2 is 2.30 bits per heavy atom. The molecule has 1 aromatic rings. The standard InChI is InChI=1S/C17H27NO2/c1-3-9-18-17(15-8-10-19-12-15)13-20-16-7-5-6-14(4-2)11-16/h5-7,11,15,17-18H,3-4,8-10,12-13H2,1-2H3. The zero-order valence-corrected chi connectivity index (χ0v) is 12.7. The van der Waals surface area contributed by atoms with Crippen molar-refractivity contribution in [2.75, 3.05) is 26.4 Å². The highest BCUT2D eigenvalue weighted by Crippen LogP contribution is 2.19. The number of hydrogen-bond acceptors (Lipinski definition) is 3. The van der Waals surface area contributed by atoms with Gasteiger partial charge >= 0.3 is 0 Å². The van der Waals surface area contributed by atoms with Crippen LogP contribution in [0.15, 0.2) is 24.3 Å². The van der Waals surface area contributed by atoms with E-state index in [1.807, 2.05) is 6.07 Å². The van der Waals surface area contributed by atoms with Crippen LogP contribution in [0.1, 0.15) is 32.3 Å². The normalized spacial score (nSPS) is 20.0. The Morgan fingerprint density at radius 1 is 1.40 bits per heavy atom. The van der Waals surface area contributed by atoms with Gasteiger partial charge in [-0.3, -0.25) is 0 Å². The second-order valence-electron chi connectivity index (χ2n) is 5.50. The summed E-state index contributed by atoms with van der Waals surface area (Å²) in [5.41, 5.74) is 1.32. The van der Waals surface area contributed by atoms with Crippen molar-refractivity contribution < 1.29 is 9.47 Å². The largest absolute Gasteiger partial charge is 0.492 e. The fourth-order valence-electron chi connectivity index (χ4n) is 2.60. The van der Waals surface area contributed by atoms with Crippen molar-refractivity contribution in [2.45, 2.75) is 39.2 Å². The fourth-order valence-corrected chi connectivity index (χ4v) is 2.60. The van der Waals surface area contributed by atoms with E-state index >= 15 is 0 Å². The molecule has 1 aliphatic heterocycles. The van der Waals surface area contributed by atoms with E-state index < -0.39 is 0 Å². The minimum Gasteiger partial charge on any atom is -0.492 e. The van der Waals surface area contributed by atoms with E-state index in [0.717, 1.165) is 51.4 Å². The summed E-state index contributed by atoms with van der Waals surface area (Å²) in [7, 11) is 0. The van der Waals surface area contributed by atoms with E-state index in [2.05, 4.69) is 37.4 Å². The molecule has 0 bridgehead atoms. The minimum absolute atomic E-state index is 0.391. The van der Waals surface area contributed by atoms with Crippen LogP contribution in [0.4, 0.5) is 0 Å². The number of aryl methyl sites for hydroxylation is 1. The van der Waals surface area contributed by atoms with Crippen molar-refractivity contribution in [3.8, 4) is 5.75 Å². The lowest BCUT2D eigenvalue weighted by Gasteiger charge is -2.24. The van der Waals surface area contributed by atoms with Crippen molar-refractivity contribution in [1.29, 1.82) is 0 Å². The monoisotopic (exact) mass is 277 g/mol. The van der Waals surface area contributed by atoms with E-state index in [1.54, 1.807) is 0 Å². The third-order valence-electron chi connectivity index (χ3n) is 3.93. The number of ether oxygens (including phenoxy) is 2. The predicted molar refractivity (Wildman–Crippen MR) is 82.3 cm³/mol. The first kappa shape index (κ1) is 15.3. The number of rotatable bonds is 8. The van der Waals surface area contributed by atoms with Crippen LogP contribution in [0.5, 0.6) is 5.75 Å². The molecule has 0 aliphatic carbocycles. The summed E-state index contributed by atoms with van der Waals surface area (Å²) in [6, 6.07) is 8.79. The molecule has 20 heavy (non-hydrogen) atoms. The number of nitrogens with one attached hydrogen (secondary N) is 1. The molecule has 3 heteroatoms. The highest BCUT2D eigenvalue weighted by molar-refractivity contribution is 5.28. The van der Waals surface area contributed by atoms with E-state index in [1.165, 1.54) is 5.56 Å². The zero-order valence-electron chi connectivity index (χ0n) is 12.7. The highest BCUT2D eigenvalue weighted by Gasteiger charge is 2.25. The van der Waals surface area contributed by atoms with Crippen LogP contribution in [0.3, 0.4) is 0 Å². The summed E-state index contributed by atoms with van der Waals surface area (Å²) in [5, 5.41) is 3.61. The van der Waals surface area contributed by atoms with Crippen LogP contribution in [-0.2, 0) is 11.2 Å². The molecule has 1 heterocycles. The maximum Gasteiger partial charge on any atom is 0.119 e. The minimum atomic E-state index is 0.391. The molecule has 0 spiro atoms. The molecule has 1 aromatic carbocycles. The van der Waals surface area contributed by atoms with Gasteiger partial charge < -0.3 is 14.8 Å². The first-order chi connectivity index (χ1) is 9.83. The van der Waals surface area contributed by atoms with Gasteiger partial charge in [0.15, 0.2) is 0 Å². The van der Waals surface area contributed by atoms with Gasteiger partial charge in [0.25, 0.3) is 0 Å². The average molecular weight is 277 g/mol. The average Bonchev–Trinajstić information content (AvgIpc) is 3.02. The van der Waals surface area contributed by atoms with Crippen LogP contribution < -0.4 is 10.1 Å². The molecule has 1 aliphatic rings. The molecule has 0 saturated carbocycles. The molecule has 112 valence electrons. The van der Waals surface area contributed by atoms with Crippen LogP contribution in [0.25, 0.3) is 0 Å². The first-order valence-corrected chi connectivity index (χ1v) is 7.86. The summed E-state index contributed by atoms with van der Waals surface area (Å²) in [5.74, 6) is 1.56. The van der Waals surface area contributed by atoms with Gasteiger partial charge in [0.05, 0.1) is 6.61 Å². The molecule has 0 amide bonds. The number of benzene rings is 1. The van der Waals surface area contributed by atoms with Gasteiger partial charge in [0, 0.05) is 18.6 Å². The van der Waals surface area contributed by atoms with Crippen LogP contribution in [0.2, 0.25) is 0 Å². The quantitative estimate of drug-likeness (QED) is 0.792. The predicted octanol–water partition coefficient (Wildman–Crippen LogP) is 3.03. The van der Waals surface area contributed by atoms with Crippen molar-refractivity contribution >= 4 is 0 Å². The van der Waals surface area contributed by atoms with Gasteiger partial charge in [-0.05, 0) is 43.5 Å². The van der Waals surface area contributed by atoms with Gasteiger partial charge in [-0.1, -0.05) is 26.0 Å². The molecule has 2 atom stereocenters. The Morgan fingerprint density at radius 3 is 3.00 bits per heavy atom. The third-order valence-corrected chi connectivity index (χ3v) is 3.93. The van der Waals surface area contributed by atoms with Gasteiger partial charge in [-0.25, -0.2) is 0 Å². The van der Waals surface area contributed by atoms with Crippen molar-refractivity contribution in [1.82, 2.24) is 5.32 Å². The van der Waals surface area contributed by atoms with Gasteiger partial charge in [0.1, 0.15) is 12.4 Å². The van der Waals surface area contributed by atoms with Gasteiger partial charge in [0.2, 0.25) is 0 Å². The maximum absolute atomic E-state index is 6.00. The lowest BCUT2D eigenvalue weighted by molar-refractivity contribution is 0.160. The topological polar surface area (TPSA) is 30.5 Å². The summed E-state index contributed by atoms with van der Waals surface area (Å²) >= 11 is 0. The molecule has 2 rings (SSSR count). The van der Waals surface area contributed by atoms with E-state index in [0.29, 0.717) is 12.0 Å². The SMILES string of the molecule is CCCNC(COc1cccc(CC)c1)C1CCOC1. The molecular formula is C17H27NO2. The summed E-state index contributed by atoms with van der Waals surface area (Å²) in [4.78, 5) is 0. The first-order valence-electron chi connectivity index (χ1n) is 7.86. The molecular weight excluding hydrogens is 250 g/mol. The Balaban J connectivity index is 1.89. The fraction of sp³-hybridized carbons (Fsp3) is 0.647. The molecule has 2 unspecified atom stereocenters. The summed E-state index contributed by atoms with van der Waals surface area (Å²) in [6.07, 6.45) is 3.33. The van der Waals surface area contributed by atoms with Gasteiger partial charge in [-0.15, -0.1) is 0 Å². The van der Waals surface area contributed by atoms with E-state index in [4.69, 9.17) is 9.47 Å². The van der Waals surface area contributed by atoms with Crippen LogP contribution >= 0.6 is 0 Å². The van der Waals surface area contributed by atoms with E-state index in [9.17, 15) is 0 Å². The second-order valence-corrected chi connectivity index (χ2v) is 5.50. The Kier molecular flexibility index (Phi) is 6.34. The molecule has 1 N–H and O–H groups in total. The van der Waals surface area contributed by atoms with Crippen molar-refractivity contribution in [3.05, 3.63) is 29.8 Å². The zero-order chi connectivity index (χ0) is 14.2. The smallest absolute Gasteiger partial charge is 0.119 e. The Hall–Kier alpha value is -1.06. The molecule has 0 radical (unpaired) electrons. The molecule has 3 nitrogen and oxygen atoms in total. The lowest BCUT2D eigenvalue weighted by Crippen LogP contribution is -2.41. The lowest BCUT2D eigenvalue weighted by atomic mass is 9.99. The van der Waals surface area contributed by atoms with E-state index in [-0.39, 0.29) is 0 Å². The highest BCUT2D eigenvalue weighted by atomic mass is 16.5. The van der Waals surface area contributed by atoms with Gasteiger partial charge in [-0.2, -0.15) is 0 Å². The molecule has 1 saturated heterocycles. The van der Waals surface area contributed by atoms with Crippen molar-refractivity contribution in [3.63, 3.8) is 0 Å².